The molecule has 1 unspecified atom stereocenters. The van der Waals surface area contributed by atoms with Gasteiger partial charge in [-0.05, 0) is 55.7 Å². The minimum atomic E-state index is -3.55. The van der Waals surface area contributed by atoms with Crippen molar-refractivity contribution in [3.8, 4) is 5.75 Å². The molecule has 0 spiro atoms. The molecule has 2 aromatic carbocycles. The molecule has 1 amide bonds. The number of benzene rings is 2. The highest BCUT2D eigenvalue weighted by Crippen LogP contribution is 2.23. The molecule has 0 radical (unpaired) electrons. The zero-order chi connectivity index (χ0) is 21.6. The summed E-state index contributed by atoms with van der Waals surface area (Å²) in [6.07, 6.45) is 2.09. The van der Waals surface area contributed by atoms with E-state index in [2.05, 4.69) is 5.32 Å². The fourth-order valence-electron chi connectivity index (χ4n) is 3.29. The van der Waals surface area contributed by atoms with E-state index in [9.17, 15) is 13.2 Å². The molecule has 1 saturated heterocycles. The summed E-state index contributed by atoms with van der Waals surface area (Å²) in [5.74, 6) is 0.380. The third-order valence-electron chi connectivity index (χ3n) is 5.06. The van der Waals surface area contributed by atoms with Gasteiger partial charge >= 0.3 is 0 Å². The largest absolute Gasteiger partial charge is 0.497 e. The molecule has 0 bridgehead atoms. The van der Waals surface area contributed by atoms with E-state index < -0.39 is 16.1 Å². The van der Waals surface area contributed by atoms with E-state index in [4.69, 9.17) is 9.47 Å². The lowest BCUT2D eigenvalue weighted by molar-refractivity contribution is -0.127. The van der Waals surface area contributed by atoms with Gasteiger partial charge in [-0.3, -0.25) is 4.79 Å². The lowest BCUT2D eigenvalue weighted by Crippen LogP contribution is -2.35. The molecular formula is C22H28N2O5S. The summed E-state index contributed by atoms with van der Waals surface area (Å²) in [7, 11) is -1.96. The average molecular weight is 433 g/mol. The summed E-state index contributed by atoms with van der Waals surface area (Å²) in [6, 6.07) is 13.8. The number of piperidine rings is 1. The summed E-state index contributed by atoms with van der Waals surface area (Å²) in [5, 5.41) is 2.74. The number of methoxy groups -OCH3 is 1. The summed E-state index contributed by atoms with van der Waals surface area (Å²) in [5.41, 5.74) is 1.32. The van der Waals surface area contributed by atoms with Gasteiger partial charge in [0.1, 0.15) is 11.9 Å². The standard InChI is InChI=1S/C22H28N2O5S/c1-17(29-16-18-8-6-10-20(14-18)28-2)22(25)23-19-9-7-11-21(15-19)30(26,27)24-12-4-3-5-13-24/h6-11,14-15,17H,3-5,12-13,16H2,1-2H3,(H,23,25). The van der Waals surface area contributed by atoms with Gasteiger partial charge in [-0.25, -0.2) is 8.42 Å². The number of hydrogen-bond donors (Lipinski definition) is 1. The minimum Gasteiger partial charge on any atom is -0.497 e. The second-order valence-electron chi connectivity index (χ2n) is 7.29. The molecule has 1 aliphatic heterocycles. The van der Waals surface area contributed by atoms with E-state index in [1.165, 1.54) is 10.4 Å². The summed E-state index contributed by atoms with van der Waals surface area (Å²) >= 11 is 0. The highest BCUT2D eigenvalue weighted by atomic mass is 32.2. The fraction of sp³-hybridized carbons (Fsp3) is 0.409. The summed E-state index contributed by atoms with van der Waals surface area (Å²) in [6.45, 7) is 2.99. The number of sulfonamides is 1. The molecule has 0 aliphatic carbocycles. The van der Waals surface area contributed by atoms with E-state index in [1.54, 1.807) is 32.2 Å². The lowest BCUT2D eigenvalue weighted by atomic mass is 10.2. The molecule has 1 atom stereocenters. The minimum absolute atomic E-state index is 0.187. The Balaban J connectivity index is 1.61. The van der Waals surface area contributed by atoms with Gasteiger partial charge in [0.2, 0.25) is 10.0 Å². The van der Waals surface area contributed by atoms with Gasteiger partial charge in [0, 0.05) is 18.8 Å². The summed E-state index contributed by atoms with van der Waals surface area (Å²) < 4.78 is 38.1. The van der Waals surface area contributed by atoms with Crippen molar-refractivity contribution in [2.24, 2.45) is 0 Å². The van der Waals surface area contributed by atoms with Crippen molar-refractivity contribution in [1.82, 2.24) is 4.31 Å². The molecule has 30 heavy (non-hydrogen) atoms. The van der Waals surface area contributed by atoms with Crippen molar-refractivity contribution in [2.45, 2.75) is 43.8 Å². The van der Waals surface area contributed by atoms with Crippen molar-refractivity contribution in [2.75, 3.05) is 25.5 Å². The van der Waals surface area contributed by atoms with Crippen molar-refractivity contribution < 1.29 is 22.7 Å². The quantitative estimate of drug-likeness (QED) is 0.691. The predicted octanol–water partition coefficient (Wildman–Crippen LogP) is 3.41. The molecular weight excluding hydrogens is 404 g/mol. The third-order valence-corrected chi connectivity index (χ3v) is 6.95. The van der Waals surface area contributed by atoms with Gasteiger partial charge in [0.25, 0.3) is 5.91 Å². The number of hydrogen-bond acceptors (Lipinski definition) is 5. The van der Waals surface area contributed by atoms with Crippen LogP contribution in [0, 0.1) is 0 Å². The maximum Gasteiger partial charge on any atom is 0.253 e. The average Bonchev–Trinajstić information content (AvgIpc) is 2.78. The Bertz CT molecular complexity index is 971. The van der Waals surface area contributed by atoms with Gasteiger partial charge in [-0.2, -0.15) is 4.31 Å². The number of nitrogens with zero attached hydrogens (tertiary/aromatic N) is 1. The zero-order valence-electron chi connectivity index (χ0n) is 17.3. The van der Waals surface area contributed by atoms with Gasteiger partial charge < -0.3 is 14.8 Å². The first kappa shape index (κ1) is 22.3. The first-order valence-electron chi connectivity index (χ1n) is 10.1. The van der Waals surface area contributed by atoms with Crippen LogP contribution in [0.5, 0.6) is 5.75 Å². The van der Waals surface area contributed by atoms with Crippen molar-refractivity contribution in [3.63, 3.8) is 0 Å². The lowest BCUT2D eigenvalue weighted by Gasteiger charge is -2.26. The van der Waals surface area contributed by atoms with Crippen molar-refractivity contribution in [3.05, 3.63) is 54.1 Å². The SMILES string of the molecule is COc1cccc(COC(C)C(=O)Nc2cccc(S(=O)(=O)N3CCCCC3)c2)c1. The Morgan fingerprint density at radius 3 is 2.57 bits per heavy atom. The highest BCUT2D eigenvalue weighted by molar-refractivity contribution is 7.89. The van der Waals surface area contributed by atoms with Crippen LogP contribution >= 0.6 is 0 Å². The van der Waals surface area contributed by atoms with Crippen LogP contribution in [0.1, 0.15) is 31.7 Å². The number of nitrogens with one attached hydrogen (secondary N) is 1. The molecule has 1 heterocycles. The van der Waals surface area contributed by atoms with Crippen LogP contribution in [0.25, 0.3) is 0 Å². The van der Waals surface area contributed by atoms with Crippen LogP contribution in [-0.4, -0.2) is 44.9 Å². The first-order valence-corrected chi connectivity index (χ1v) is 11.5. The Morgan fingerprint density at radius 1 is 1.10 bits per heavy atom. The number of carbonyl (C=O) groups is 1. The number of ether oxygens (including phenoxy) is 2. The van der Waals surface area contributed by atoms with E-state index in [0.29, 0.717) is 18.8 Å². The second-order valence-corrected chi connectivity index (χ2v) is 9.22. The van der Waals surface area contributed by atoms with Crippen LogP contribution in [0.2, 0.25) is 0 Å². The van der Waals surface area contributed by atoms with E-state index >= 15 is 0 Å². The van der Waals surface area contributed by atoms with Gasteiger partial charge in [-0.15, -0.1) is 0 Å². The topological polar surface area (TPSA) is 84.9 Å². The smallest absolute Gasteiger partial charge is 0.253 e. The van der Waals surface area contributed by atoms with Crippen LogP contribution in [0.4, 0.5) is 5.69 Å². The third kappa shape index (κ3) is 5.59. The molecule has 3 rings (SSSR count). The Kier molecular flexibility index (Phi) is 7.47. The zero-order valence-corrected chi connectivity index (χ0v) is 18.2. The first-order chi connectivity index (χ1) is 14.4. The normalized spacial score (nSPS) is 16.1. The molecule has 2 aromatic rings. The maximum absolute atomic E-state index is 12.8. The molecule has 0 saturated carbocycles. The summed E-state index contributed by atoms with van der Waals surface area (Å²) in [4.78, 5) is 12.7. The maximum atomic E-state index is 12.8. The van der Waals surface area contributed by atoms with Gasteiger partial charge in [0.15, 0.2) is 0 Å². The Hall–Kier alpha value is -2.42. The van der Waals surface area contributed by atoms with Crippen LogP contribution in [0.15, 0.2) is 53.4 Å². The van der Waals surface area contributed by atoms with Crippen LogP contribution in [0.3, 0.4) is 0 Å². The molecule has 1 aliphatic rings. The van der Waals surface area contributed by atoms with Crippen LogP contribution < -0.4 is 10.1 Å². The number of anilines is 1. The molecule has 8 heteroatoms. The van der Waals surface area contributed by atoms with Crippen molar-refractivity contribution in [1.29, 1.82) is 0 Å². The van der Waals surface area contributed by atoms with Gasteiger partial charge in [-0.1, -0.05) is 24.6 Å². The van der Waals surface area contributed by atoms with E-state index in [-0.39, 0.29) is 17.4 Å². The van der Waals surface area contributed by atoms with E-state index in [1.807, 2.05) is 24.3 Å². The number of rotatable bonds is 8. The second kappa shape index (κ2) is 10.1. The molecule has 162 valence electrons. The van der Waals surface area contributed by atoms with Gasteiger partial charge in [0.05, 0.1) is 18.6 Å². The number of carbonyl (C=O) groups excluding carboxylic acids is 1. The molecule has 1 N–H and O–H groups in total. The van der Waals surface area contributed by atoms with E-state index in [0.717, 1.165) is 30.6 Å². The number of amides is 1. The fourth-order valence-corrected chi connectivity index (χ4v) is 4.86. The highest BCUT2D eigenvalue weighted by Gasteiger charge is 2.26. The Morgan fingerprint density at radius 2 is 1.83 bits per heavy atom. The predicted molar refractivity (Wildman–Crippen MR) is 115 cm³/mol. The van der Waals surface area contributed by atoms with Crippen molar-refractivity contribution >= 4 is 21.6 Å². The Labute approximate surface area is 178 Å². The molecule has 7 nitrogen and oxygen atoms in total. The monoisotopic (exact) mass is 432 g/mol. The van der Waals surface area contributed by atoms with Crippen LogP contribution in [-0.2, 0) is 26.2 Å². The molecule has 0 aromatic heterocycles. The molecule has 1 fully saturated rings.